The molecule has 31 heavy (non-hydrogen) atoms. The highest BCUT2D eigenvalue weighted by molar-refractivity contribution is 7.07. The first-order valence-electron chi connectivity index (χ1n) is 11.2. The Morgan fingerprint density at radius 2 is 1.77 bits per heavy atom. The number of hydrogen-bond acceptors (Lipinski definition) is 4. The summed E-state index contributed by atoms with van der Waals surface area (Å²) < 4.78 is 4.22. The maximum Gasteiger partial charge on any atom is 0.144 e. The predicted molar refractivity (Wildman–Crippen MR) is 130 cm³/mol. The fourth-order valence-corrected chi connectivity index (χ4v) is 4.49. The van der Waals surface area contributed by atoms with Crippen molar-refractivity contribution in [2.24, 2.45) is 5.92 Å². The van der Waals surface area contributed by atoms with Crippen molar-refractivity contribution in [1.82, 2.24) is 10.4 Å². The average Bonchev–Trinajstić information content (AvgIpc) is 3.60. The summed E-state index contributed by atoms with van der Waals surface area (Å²) in [4.78, 5) is 0. The van der Waals surface area contributed by atoms with Crippen LogP contribution >= 0.6 is 11.3 Å². The Labute approximate surface area is 190 Å². The zero-order valence-electron chi connectivity index (χ0n) is 18.5. The molecule has 0 radical (unpaired) electrons. The maximum absolute atomic E-state index is 4.22. The van der Waals surface area contributed by atoms with Crippen LogP contribution in [0.3, 0.4) is 0 Å². The van der Waals surface area contributed by atoms with Crippen LogP contribution in [0.4, 0.5) is 0 Å². The first-order valence-corrected chi connectivity index (χ1v) is 12.1. The molecule has 0 amide bonds. The van der Waals surface area contributed by atoms with Gasteiger partial charge in [0.15, 0.2) is 0 Å². The van der Waals surface area contributed by atoms with E-state index in [9.17, 15) is 0 Å². The Kier molecular flexibility index (Phi) is 9.52. The molecule has 3 nitrogen and oxygen atoms in total. The van der Waals surface area contributed by atoms with Crippen LogP contribution in [0.1, 0.15) is 56.2 Å². The van der Waals surface area contributed by atoms with E-state index < -0.39 is 0 Å². The van der Waals surface area contributed by atoms with Gasteiger partial charge < -0.3 is 4.52 Å². The molecule has 1 atom stereocenters. The first-order chi connectivity index (χ1) is 15.3. The van der Waals surface area contributed by atoms with Crippen molar-refractivity contribution in [1.29, 1.82) is 0 Å². The van der Waals surface area contributed by atoms with Crippen LogP contribution in [-0.4, -0.2) is 10.4 Å². The van der Waals surface area contributed by atoms with Gasteiger partial charge in [-0.1, -0.05) is 94.1 Å². The summed E-state index contributed by atoms with van der Waals surface area (Å²) in [6.45, 7) is 4.64. The summed E-state index contributed by atoms with van der Waals surface area (Å²) in [5.74, 6) is 0.847. The summed E-state index contributed by atoms with van der Waals surface area (Å²) in [6, 6.07) is 19.8. The van der Waals surface area contributed by atoms with Crippen LogP contribution in [0, 0.1) is 5.92 Å². The van der Waals surface area contributed by atoms with E-state index in [1.165, 1.54) is 61.3 Å². The zero-order chi connectivity index (χ0) is 21.7. The van der Waals surface area contributed by atoms with Crippen molar-refractivity contribution in [3.63, 3.8) is 0 Å². The zero-order valence-corrected chi connectivity index (χ0v) is 19.4. The third kappa shape index (κ3) is 6.90. The van der Waals surface area contributed by atoms with E-state index in [0.717, 1.165) is 12.3 Å². The molecule has 0 fully saturated rings. The highest BCUT2D eigenvalue weighted by Crippen LogP contribution is 2.39. The molecule has 2 aromatic carbocycles. The predicted octanol–water partition coefficient (Wildman–Crippen LogP) is 7.83. The molecular weight excluding hydrogens is 400 g/mol. The van der Waals surface area contributed by atoms with Gasteiger partial charge in [-0.05, 0) is 57.3 Å². The number of thiophene rings is 1. The van der Waals surface area contributed by atoms with Crippen molar-refractivity contribution in [3.05, 3.63) is 94.5 Å². The minimum Gasteiger partial charge on any atom is -0.346 e. The molecule has 0 saturated carbocycles. The lowest BCUT2D eigenvalue weighted by molar-refractivity contribution is 0.393. The van der Waals surface area contributed by atoms with Crippen LogP contribution in [0.15, 0.2) is 82.3 Å². The van der Waals surface area contributed by atoms with Gasteiger partial charge in [-0.2, -0.15) is 11.3 Å². The molecule has 0 aliphatic heterocycles. The molecule has 0 spiro atoms. The van der Waals surface area contributed by atoms with Crippen LogP contribution in [0.25, 0.3) is 11.1 Å². The molecule has 4 heteroatoms. The monoisotopic (exact) mass is 432 g/mol. The van der Waals surface area contributed by atoms with Crippen LogP contribution in [0.2, 0.25) is 0 Å². The molecule has 1 aliphatic carbocycles. The fraction of sp³-hybridized carbons (Fsp3) is 0.333. The van der Waals surface area contributed by atoms with Gasteiger partial charge in [0.05, 0.1) is 6.20 Å². The standard InChI is InChI=1S/C21H26.C4H4S.C2H2N2O/c1-3-5-9-16(4-2)14-17-11-8-13-20-19-12-7-6-10-18(19)15-21(17)20;1-2-4-5-3-1;1-2-5-4-3-1/h6-8,10-13,16H,3-5,9,14-15H2,1-2H3;1-4H;1-2H. The third-order valence-electron chi connectivity index (χ3n) is 5.71. The van der Waals surface area contributed by atoms with Crippen molar-refractivity contribution in [2.45, 2.75) is 52.4 Å². The summed E-state index contributed by atoms with van der Waals surface area (Å²) in [5.41, 5.74) is 7.62. The van der Waals surface area contributed by atoms with Gasteiger partial charge in [0.25, 0.3) is 0 Å². The highest BCUT2D eigenvalue weighted by atomic mass is 32.1. The van der Waals surface area contributed by atoms with Gasteiger partial charge >= 0.3 is 0 Å². The molecule has 4 aromatic rings. The Balaban J connectivity index is 0.000000221. The van der Waals surface area contributed by atoms with Crippen molar-refractivity contribution >= 4 is 11.3 Å². The number of unbranched alkanes of at least 4 members (excludes halogenated alkanes) is 1. The Bertz CT molecular complexity index is 920. The lowest BCUT2D eigenvalue weighted by Crippen LogP contribution is -2.05. The molecule has 1 unspecified atom stereocenters. The van der Waals surface area contributed by atoms with Crippen molar-refractivity contribution in [3.8, 4) is 11.1 Å². The molecule has 0 bridgehead atoms. The van der Waals surface area contributed by atoms with Gasteiger partial charge in [0.1, 0.15) is 6.26 Å². The topological polar surface area (TPSA) is 38.9 Å². The number of fused-ring (bicyclic) bond motifs is 3. The largest absolute Gasteiger partial charge is 0.346 e. The lowest BCUT2D eigenvalue weighted by atomic mass is 9.88. The summed E-state index contributed by atoms with van der Waals surface area (Å²) >= 11 is 1.71. The maximum atomic E-state index is 4.22. The van der Waals surface area contributed by atoms with Gasteiger partial charge in [-0.3, -0.25) is 0 Å². The molecule has 5 rings (SSSR count). The fourth-order valence-electron chi connectivity index (χ4n) is 4.03. The van der Waals surface area contributed by atoms with E-state index >= 15 is 0 Å². The van der Waals surface area contributed by atoms with E-state index in [0.29, 0.717) is 0 Å². The van der Waals surface area contributed by atoms with Gasteiger partial charge in [0, 0.05) is 5.27 Å². The number of rotatable bonds is 6. The lowest BCUT2D eigenvalue weighted by Gasteiger charge is -2.17. The third-order valence-corrected chi connectivity index (χ3v) is 6.34. The van der Waals surface area contributed by atoms with Gasteiger partial charge in [-0.15, -0.1) is 5.10 Å². The van der Waals surface area contributed by atoms with E-state index in [1.54, 1.807) is 22.5 Å². The van der Waals surface area contributed by atoms with Crippen LogP contribution in [0.5, 0.6) is 0 Å². The Morgan fingerprint density at radius 1 is 0.968 bits per heavy atom. The summed E-state index contributed by atoms with van der Waals surface area (Å²) in [6.07, 6.45) is 10.6. The van der Waals surface area contributed by atoms with E-state index in [1.807, 2.05) is 22.9 Å². The van der Waals surface area contributed by atoms with Crippen LogP contribution in [-0.2, 0) is 12.8 Å². The van der Waals surface area contributed by atoms with Crippen molar-refractivity contribution in [2.75, 3.05) is 0 Å². The number of aromatic nitrogens is 2. The minimum atomic E-state index is 0.847. The second kappa shape index (κ2) is 12.9. The molecule has 0 saturated heterocycles. The summed E-state index contributed by atoms with van der Waals surface area (Å²) in [7, 11) is 0. The highest BCUT2D eigenvalue weighted by Gasteiger charge is 2.21. The van der Waals surface area contributed by atoms with E-state index in [-0.39, 0.29) is 0 Å². The molecule has 1 aliphatic rings. The number of hydrogen-bond donors (Lipinski definition) is 0. The van der Waals surface area contributed by atoms with Gasteiger partial charge in [-0.25, -0.2) is 0 Å². The van der Waals surface area contributed by atoms with Crippen LogP contribution < -0.4 is 0 Å². The number of benzene rings is 2. The first kappa shape index (κ1) is 23.0. The van der Waals surface area contributed by atoms with Gasteiger partial charge in [0.2, 0.25) is 0 Å². The van der Waals surface area contributed by atoms with Crippen molar-refractivity contribution < 1.29 is 4.52 Å². The second-order valence-electron chi connectivity index (χ2n) is 7.78. The smallest absolute Gasteiger partial charge is 0.144 e. The average molecular weight is 433 g/mol. The molecule has 162 valence electrons. The number of nitrogens with zero attached hydrogens (tertiary/aromatic N) is 2. The summed E-state index contributed by atoms with van der Waals surface area (Å²) in [5, 5.41) is 10.5. The quantitative estimate of drug-likeness (QED) is 0.274. The van der Waals surface area contributed by atoms with E-state index in [2.05, 4.69) is 71.2 Å². The van der Waals surface area contributed by atoms with E-state index in [4.69, 9.17) is 0 Å². The SMILES string of the molecule is CCCCC(CC)Cc1cccc2c1Cc1ccccc1-2.c1ccsc1.c1conn1. The molecule has 0 N–H and O–H groups in total. The molecule has 2 heterocycles. The Hall–Kier alpha value is -2.72. The Morgan fingerprint density at radius 3 is 2.39 bits per heavy atom. The molecular formula is C27H32N2OS. The minimum absolute atomic E-state index is 0.847. The normalized spacial score (nSPS) is 11.9. The second-order valence-corrected chi connectivity index (χ2v) is 8.60. The molecule has 2 aromatic heterocycles.